The van der Waals surface area contributed by atoms with Crippen molar-refractivity contribution < 1.29 is 38.4 Å². The maximum atomic E-state index is 13.4. The van der Waals surface area contributed by atoms with Crippen LogP contribution in [0.1, 0.15) is 106 Å². The molecule has 0 radical (unpaired) electrons. The first-order valence-electron chi connectivity index (χ1n) is 20.0. The summed E-state index contributed by atoms with van der Waals surface area (Å²) in [5.74, 6) is 0.257. The summed E-state index contributed by atoms with van der Waals surface area (Å²) in [7, 11) is 1.65. The van der Waals surface area contributed by atoms with E-state index in [1.54, 1.807) is 29.9 Å². The molecule has 2 fully saturated rings. The van der Waals surface area contributed by atoms with Crippen molar-refractivity contribution in [3.05, 3.63) is 57.3 Å². The number of esters is 2. The molecule has 16 heteroatoms. The largest absolute Gasteiger partial charge is 0.489 e. The van der Waals surface area contributed by atoms with E-state index in [2.05, 4.69) is 15.2 Å². The number of aldehydes is 1. The second-order valence-electron chi connectivity index (χ2n) is 15.6. The molecule has 6 rings (SSSR count). The van der Waals surface area contributed by atoms with Gasteiger partial charge in [-0.2, -0.15) is 10.2 Å². The molecule has 2 aliphatic rings. The predicted molar refractivity (Wildman–Crippen MR) is 217 cm³/mol. The van der Waals surface area contributed by atoms with E-state index in [0.717, 1.165) is 32.1 Å². The van der Waals surface area contributed by atoms with Crippen molar-refractivity contribution in [1.29, 1.82) is 0 Å². The number of hydrogen-bond donors (Lipinski definition) is 1. The Kier molecular flexibility index (Phi) is 14.1. The number of pyridine rings is 2. The first kappa shape index (κ1) is 43.1. The summed E-state index contributed by atoms with van der Waals surface area (Å²) in [6.45, 7) is 9.24. The molecule has 0 bridgehead atoms. The predicted octanol–water partition coefficient (Wildman–Crippen LogP) is 7.82. The maximum absolute atomic E-state index is 13.4. The highest BCUT2D eigenvalue weighted by molar-refractivity contribution is 6.33. The summed E-state index contributed by atoms with van der Waals surface area (Å²) in [5, 5.41) is 19.5. The van der Waals surface area contributed by atoms with Crippen LogP contribution >= 0.6 is 23.2 Å². The van der Waals surface area contributed by atoms with Gasteiger partial charge >= 0.3 is 11.9 Å². The summed E-state index contributed by atoms with van der Waals surface area (Å²) < 4.78 is 27.1. The van der Waals surface area contributed by atoms with Gasteiger partial charge < -0.3 is 24.1 Å². The van der Waals surface area contributed by atoms with Crippen LogP contribution in [0.25, 0.3) is 22.5 Å². The van der Waals surface area contributed by atoms with Gasteiger partial charge in [0, 0.05) is 20.0 Å². The topological polar surface area (TPSA) is 170 Å². The zero-order chi connectivity index (χ0) is 41.7. The molecule has 2 saturated carbocycles. The fourth-order valence-corrected chi connectivity index (χ4v) is 8.44. The number of carbonyl (C=O) groups excluding carboxylic acids is 3. The van der Waals surface area contributed by atoms with Crippen LogP contribution in [0.5, 0.6) is 11.5 Å². The molecule has 0 aliphatic heterocycles. The molecule has 0 spiro atoms. The lowest BCUT2D eigenvalue weighted by Gasteiger charge is -2.29. The van der Waals surface area contributed by atoms with Gasteiger partial charge in [-0.3, -0.25) is 23.7 Å². The molecule has 5 atom stereocenters. The number of carbonyl (C=O) groups is 3. The number of ether oxygens (including phenoxy) is 4. The van der Waals surface area contributed by atoms with E-state index >= 15 is 0 Å². The van der Waals surface area contributed by atoms with Crippen molar-refractivity contribution in [2.75, 3.05) is 0 Å². The van der Waals surface area contributed by atoms with Gasteiger partial charge in [-0.15, -0.1) is 0 Å². The molecule has 0 aromatic carbocycles. The third kappa shape index (κ3) is 10.0. The molecule has 1 N–H and O–H groups in total. The monoisotopic (exact) mass is 838 g/mol. The molecule has 0 amide bonds. The lowest BCUT2D eigenvalue weighted by Crippen LogP contribution is -2.32. The van der Waals surface area contributed by atoms with Crippen molar-refractivity contribution >= 4 is 41.4 Å². The summed E-state index contributed by atoms with van der Waals surface area (Å²) in [6, 6.07) is 7.18. The van der Waals surface area contributed by atoms with Gasteiger partial charge in [0.15, 0.2) is 16.6 Å². The Bertz CT molecular complexity index is 2120. The second kappa shape index (κ2) is 19.0. The van der Waals surface area contributed by atoms with Crippen LogP contribution in [0.4, 0.5) is 0 Å². The van der Waals surface area contributed by atoms with E-state index in [-0.39, 0.29) is 59.0 Å². The number of aliphatic hydroxyl groups is 1. The van der Waals surface area contributed by atoms with E-state index in [1.165, 1.54) is 4.68 Å². The van der Waals surface area contributed by atoms with Gasteiger partial charge in [0.05, 0.1) is 76.4 Å². The number of aliphatic hydroxyl groups excluding tert-OH is 1. The highest BCUT2D eigenvalue weighted by Gasteiger charge is 2.32. The van der Waals surface area contributed by atoms with Crippen LogP contribution in [-0.2, 0) is 39.3 Å². The molecular weight excluding hydrogens is 787 g/mol. The van der Waals surface area contributed by atoms with Crippen LogP contribution < -0.4 is 9.47 Å². The highest BCUT2D eigenvalue weighted by Crippen LogP contribution is 2.36. The number of nitrogens with zero attached hydrogens (tertiary/aromatic N) is 6. The Morgan fingerprint density at radius 3 is 1.88 bits per heavy atom. The molecule has 4 aromatic rings. The van der Waals surface area contributed by atoms with Crippen LogP contribution in [0, 0.1) is 25.7 Å². The van der Waals surface area contributed by atoms with Crippen LogP contribution in [-0.4, -0.2) is 77.3 Å². The van der Waals surface area contributed by atoms with Gasteiger partial charge in [0.1, 0.15) is 23.3 Å². The summed E-state index contributed by atoms with van der Waals surface area (Å²) in [4.78, 5) is 46.9. The SMILES string of the molecule is Cc1nc(-c2c(Cl)nn(C)c2C=O)ccc1O[C@H]1CCC[C@H](C(=O)OC(C)CCn2nc(Cl)c(-c3ccc(O[C@H]4CCC[C@H](C(=O)OC(C)C)C4)c(C)n3)c2CO)C1. The molecule has 312 valence electrons. The first-order valence-corrected chi connectivity index (χ1v) is 20.8. The molecule has 4 heterocycles. The Balaban J connectivity index is 1.02. The summed E-state index contributed by atoms with van der Waals surface area (Å²) in [5.41, 5.74) is 4.18. The Hall–Kier alpha value is -4.53. The first-order chi connectivity index (χ1) is 27.8. The van der Waals surface area contributed by atoms with Crippen molar-refractivity contribution in [3.8, 4) is 34.0 Å². The molecule has 0 saturated heterocycles. The van der Waals surface area contributed by atoms with E-state index in [4.69, 9.17) is 47.1 Å². The molecule has 4 aromatic heterocycles. The lowest BCUT2D eigenvalue weighted by molar-refractivity contribution is -0.156. The lowest BCUT2D eigenvalue weighted by atomic mass is 9.87. The molecular formula is C42H52Cl2N6O8. The third-order valence-electron chi connectivity index (χ3n) is 10.8. The molecule has 58 heavy (non-hydrogen) atoms. The Morgan fingerprint density at radius 1 is 0.828 bits per heavy atom. The van der Waals surface area contributed by atoms with Gasteiger partial charge in [-0.25, -0.2) is 9.97 Å². The third-order valence-corrected chi connectivity index (χ3v) is 11.4. The maximum Gasteiger partial charge on any atom is 0.309 e. The fraction of sp³-hybridized carbons (Fsp3) is 0.548. The average molecular weight is 840 g/mol. The second-order valence-corrected chi connectivity index (χ2v) is 16.3. The molecule has 14 nitrogen and oxygen atoms in total. The minimum Gasteiger partial charge on any atom is -0.489 e. The van der Waals surface area contributed by atoms with E-state index in [9.17, 15) is 19.5 Å². The number of halogens is 2. The van der Waals surface area contributed by atoms with E-state index < -0.39 is 6.10 Å². The van der Waals surface area contributed by atoms with Gasteiger partial charge in [-0.05, 0) is 110 Å². The fourth-order valence-electron chi connectivity index (χ4n) is 7.84. The van der Waals surface area contributed by atoms with Gasteiger partial charge in [0.25, 0.3) is 0 Å². The van der Waals surface area contributed by atoms with Crippen molar-refractivity contribution in [2.45, 2.75) is 130 Å². The van der Waals surface area contributed by atoms with Crippen molar-refractivity contribution in [1.82, 2.24) is 29.5 Å². The highest BCUT2D eigenvalue weighted by atomic mass is 35.5. The quantitative estimate of drug-likeness (QED) is 0.0911. The van der Waals surface area contributed by atoms with Crippen LogP contribution in [0.3, 0.4) is 0 Å². The van der Waals surface area contributed by atoms with Crippen LogP contribution in [0.2, 0.25) is 10.3 Å². The van der Waals surface area contributed by atoms with Crippen molar-refractivity contribution in [3.63, 3.8) is 0 Å². The van der Waals surface area contributed by atoms with Gasteiger partial charge in [-0.1, -0.05) is 23.2 Å². The minimum atomic E-state index is -0.426. The Labute approximate surface area is 348 Å². The zero-order valence-corrected chi connectivity index (χ0v) is 35.4. The van der Waals surface area contributed by atoms with E-state index in [0.29, 0.717) is 95.3 Å². The number of hydrogen-bond acceptors (Lipinski definition) is 12. The summed E-state index contributed by atoms with van der Waals surface area (Å²) in [6.07, 6.45) is 6.14. The standard InChI is InChI=1S/C42H52Cl2N6O8/c1-23(2)55-41(53)27-9-7-11-29(19-27)57-36-16-14-32(46-26(36)5)38-34(22-52)50(48-40(38)44)18-17-24(3)56-42(54)28-10-8-12-30(20-28)58-35-15-13-31(45-25(35)4)37-33(21-51)49(6)47-39(37)43/h13-16,21,23-24,27-30,52H,7-12,17-20,22H2,1-6H3/t24?,27-,28-,29-,30-/m0/s1. The smallest absolute Gasteiger partial charge is 0.309 e. The Morgan fingerprint density at radius 2 is 1.36 bits per heavy atom. The van der Waals surface area contributed by atoms with Crippen molar-refractivity contribution in [2.24, 2.45) is 18.9 Å². The van der Waals surface area contributed by atoms with E-state index in [1.807, 2.05) is 40.7 Å². The normalized spacial score (nSPS) is 20.1. The number of aryl methyl sites for hydroxylation is 4. The van der Waals surface area contributed by atoms with Crippen LogP contribution in [0.15, 0.2) is 24.3 Å². The van der Waals surface area contributed by atoms with Gasteiger partial charge in [0.2, 0.25) is 0 Å². The summed E-state index contributed by atoms with van der Waals surface area (Å²) >= 11 is 12.9. The number of rotatable bonds is 15. The average Bonchev–Trinajstić information content (AvgIpc) is 3.67. The minimum absolute atomic E-state index is 0.127. The molecule has 2 aliphatic carbocycles. The zero-order valence-electron chi connectivity index (χ0n) is 33.9. The number of aromatic nitrogens is 6. The molecule has 1 unspecified atom stereocenters.